The Kier molecular flexibility index (Phi) is 6.32. The minimum atomic E-state index is 0.235. The summed E-state index contributed by atoms with van der Waals surface area (Å²) in [6.45, 7) is 18.7. The molecule has 0 spiro atoms. The topological polar surface area (TPSA) is 15.3 Å². The minimum Gasteiger partial charge on any atom is -0.311 e. The summed E-state index contributed by atoms with van der Waals surface area (Å²) in [6.07, 6.45) is 5.61. The quantitative estimate of drug-likeness (QED) is 0.785. The van der Waals surface area contributed by atoms with Crippen LogP contribution in [0.2, 0.25) is 0 Å². The Morgan fingerprint density at radius 2 is 1.63 bits per heavy atom. The van der Waals surface area contributed by atoms with Crippen LogP contribution in [0.4, 0.5) is 0 Å². The molecule has 1 N–H and O–H groups in total. The van der Waals surface area contributed by atoms with E-state index < -0.39 is 0 Å². The fraction of sp³-hybridized carbons (Fsp3) is 1.00. The molecule has 1 aliphatic carbocycles. The first kappa shape index (κ1) is 17.0. The van der Waals surface area contributed by atoms with Crippen LogP contribution < -0.4 is 5.32 Å². The van der Waals surface area contributed by atoms with Crippen LogP contribution in [-0.2, 0) is 0 Å². The van der Waals surface area contributed by atoms with Gasteiger partial charge in [-0.2, -0.15) is 0 Å². The van der Waals surface area contributed by atoms with Gasteiger partial charge in [0.1, 0.15) is 0 Å². The van der Waals surface area contributed by atoms with Gasteiger partial charge in [0.05, 0.1) is 0 Å². The monoisotopic (exact) mass is 268 g/mol. The maximum atomic E-state index is 3.77. The van der Waals surface area contributed by atoms with Gasteiger partial charge in [0.15, 0.2) is 0 Å². The van der Waals surface area contributed by atoms with Crippen molar-refractivity contribution in [3.05, 3.63) is 0 Å². The summed E-state index contributed by atoms with van der Waals surface area (Å²) >= 11 is 0. The highest BCUT2D eigenvalue weighted by Crippen LogP contribution is 2.39. The molecule has 0 radical (unpaired) electrons. The van der Waals surface area contributed by atoms with Crippen LogP contribution >= 0.6 is 0 Å². The lowest BCUT2D eigenvalue weighted by Gasteiger charge is -2.44. The molecule has 2 nitrogen and oxygen atoms in total. The maximum Gasteiger partial charge on any atom is 0.00967 e. The first-order valence-electron chi connectivity index (χ1n) is 8.27. The third-order valence-electron chi connectivity index (χ3n) is 4.78. The van der Waals surface area contributed by atoms with E-state index in [0.29, 0.717) is 5.41 Å². The summed E-state index contributed by atoms with van der Waals surface area (Å²) in [5.74, 6) is 0.930. The smallest absolute Gasteiger partial charge is 0.00967 e. The first-order chi connectivity index (χ1) is 8.80. The van der Waals surface area contributed by atoms with E-state index >= 15 is 0 Å². The third kappa shape index (κ3) is 5.83. The molecule has 0 aromatic carbocycles. The molecule has 0 aliphatic heterocycles. The molecule has 1 rings (SSSR count). The van der Waals surface area contributed by atoms with Gasteiger partial charge in [-0.1, -0.05) is 33.6 Å². The van der Waals surface area contributed by atoms with Crippen LogP contribution in [0.25, 0.3) is 0 Å². The zero-order valence-corrected chi connectivity index (χ0v) is 14.2. The van der Waals surface area contributed by atoms with Crippen molar-refractivity contribution in [1.29, 1.82) is 0 Å². The molecular formula is C17H36N2. The molecule has 0 bridgehead atoms. The molecule has 0 aromatic heterocycles. The van der Waals surface area contributed by atoms with Crippen LogP contribution in [-0.4, -0.2) is 36.6 Å². The maximum absolute atomic E-state index is 3.77. The molecule has 19 heavy (non-hydrogen) atoms. The van der Waals surface area contributed by atoms with Crippen LogP contribution in [0, 0.1) is 11.3 Å². The predicted octanol–water partition coefficient (Wildman–Crippen LogP) is 3.91. The molecule has 0 heterocycles. The van der Waals surface area contributed by atoms with Gasteiger partial charge in [-0.05, 0) is 58.0 Å². The largest absolute Gasteiger partial charge is 0.311 e. The van der Waals surface area contributed by atoms with Crippen molar-refractivity contribution >= 4 is 0 Å². The average molecular weight is 268 g/mol. The second-order valence-electron chi connectivity index (χ2n) is 7.75. The Morgan fingerprint density at radius 3 is 2.05 bits per heavy atom. The minimum absolute atomic E-state index is 0.235. The van der Waals surface area contributed by atoms with Crippen LogP contribution in [0.1, 0.15) is 67.2 Å². The molecule has 1 fully saturated rings. The van der Waals surface area contributed by atoms with E-state index in [9.17, 15) is 0 Å². The van der Waals surface area contributed by atoms with E-state index in [2.05, 4.69) is 51.8 Å². The number of rotatable bonds is 6. The lowest BCUT2D eigenvalue weighted by molar-refractivity contribution is 0.0846. The third-order valence-corrected chi connectivity index (χ3v) is 4.78. The van der Waals surface area contributed by atoms with Gasteiger partial charge in [-0.25, -0.2) is 0 Å². The van der Waals surface area contributed by atoms with Crippen molar-refractivity contribution in [2.75, 3.05) is 26.2 Å². The number of hydrogen-bond acceptors (Lipinski definition) is 2. The number of hydrogen-bond donors (Lipinski definition) is 1. The molecular weight excluding hydrogens is 232 g/mol. The number of nitrogens with one attached hydrogen (secondary N) is 1. The zero-order valence-electron chi connectivity index (χ0n) is 14.2. The van der Waals surface area contributed by atoms with Crippen molar-refractivity contribution in [2.45, 2.75) is 72.8 Å². The SMILES string of the molecule is CCN(CC)CC1(CNC(C)(C)C)CCC(C)CC1. The molecule has 0 unspecified atom stereocenters. The molecule has 1 saturated carbocycles. The first-order valence-corrected chi connectivity index (χ1v) is 8.27. The van der Waals surface area contributed by atoms with Crippen LogP contribution in [0.3, 0.4) is 0 Å². The fourth-order valence-corrected chi connectivity index (χ4v) is 3.14. The Labute approximate surface area is 121 Å². The Bertz CT molecular complexity index is 242. The van der Waals surface area contributed by atoms with Crippen molar-refractivity contribution in [2.24, 2.45) is 11.3 Å². The van der Waals surface area contributed by atoms with E-state index in [-0.39, 0.29) is 5.54 Å². The van der Waals surface area contributed by atoms with Crippen LogP contribution in [0.5, 0.6) is 0 Å². The standard InChI is InChI=1S/C17H36N2/c1-7-19(8-2)14-17(13-18-16(4,5)6)11-9-15(3)10-12-17/h15,18H,7-14H2,1-6H3. The molecule has 1 aliphatic rings. The summed E-state index contributed by atoms with van der Waals surface area (Å²) in [5, 5.41) is 3.77. The lowest BCUT2D eigenvalue weighted by Crippen LogP contribution is -2.50. The van der Waals surface area contributed by atoms with Gasteiger partial charge >= 0.3 is 0 Å². The van der Waals surface area contributed by atoms with E-state index in [0.717, 1.165) is 5.92 Å². The highest BCUT2D eigenvalue weighted by atomic mass is 15.1. The Hall–Kier alpha value is -0.0800. The van der Waals surface area contributed by atoms with Gasteiger partial charge in [0, 0.05) is 18.6 Å². The summed E-state index contributed by atoms with van der Waals surface area (Å²) in [4.78, 5) is 2.61. The molecule has 0 atom stereocenters. The Morgan fingerprint density at radius 1 is 1.11 bits per heavy atom. The van der Waals surface area contributed by atoms with Gasteiger partial charge in [0.25, 0.3) is 0 Å². The van der Waals surface area contributed by atoms with Gasteiger partial charge < -0.3 is 10.2 Å². The summed E-state index contributed by atoms with van der Waals surface area (Å²) < 4.78 is 0. The van der Waals surface area contributed by atoms with Crippen molar-refractivity contribution in [3.63, 3.8) is 0 Å². The van der Waals surface area contributed by atoms with Crippen molar-refractivity contribution in [3.8, 4) is 0 Å². The lowest BCUT2D eigenvalue weighted by atomic mass is 9.70. The highest BCUT2D eigenvalue weighted by Gasteiger charge is 2.35. The molecule has 2 heteroatoms. The zero-order chi connectivity index (χ0) is 14.5. The number of nitrogens with zero attached hydrogens (tertiary/aromatic N) is 1. The summed E-state index contributed by atoms with van der Waals surface area (Å²) in [7, 11) is 0. The van der Waals surface area contributed by atoms with Gasteiger partial charge in [-0.3, -0.25) is 0 Å². The molecule has 114 valence electrons. The van der Waals surface area contributed by atoms with E-state index in [1.165, 1.54) is 51.9 Å². The summed E-state index contributed by atoms with van der Waals surface area (Å²) in [5.41, 5.74) is 0.741. The summed E-state index contributed by atoms with van der Waals surface area (Å²) in [6, 6.07) is 0. The van der Waals surface area contributed by atoms with Gasteiger partial charge in [-0.15, -0.1) is 0 Å². The highest BCUT2D eigenvalue weighted by molar-refractivity contribution is 4.91. The predicted molar refractivity (Wildman–Crippen MR) is 85.6 cm³/mol. The van der Waals surface area contributed by atoms with E-state index in [4.69, 9.17) is 0 Å². The Balaban J connectivity index is 2.67. The molecule has 0 aromatic rings. The second kappa shape index (κ2) is 7.08. The van der Waals surface area contributed by atoms with Gasteiger partial charge in [0.2, 0.25) is 0 Å². The normalized spacial score (nSPS) is 28.9. The molecule has 0 amide bonds. The average Bonchev–Trinajstić information content (AvgIpc) is 2.36. The van der Waals surface area contributed by atoms with Crippen LogP contribution in [0.15, 0.2) is 0 Å². The fourth-order valence-electron chi connectivity index (χ4n) is 3.14. The van der Waals surface area contributed by atoms with Crippen molar-refractivity contribution in [1.82, 2.24) is 10.2 Å². The van der Waals surface area contributed by atoms with E-state index in [1.54, 1.807) is 0 Å². The van der Waals surface area contributed by atoms with E-state index in [1.807, 2.05) is 0 Å². The molecule has 0 saturated heterocycles. The second-order valence-corrected chi connectivity index (χ2v) is 7.75. The van der Waals surface area contributed by atoms with Crippen molar-refractivity contribution < 1.29 is 0 Å².